The molecule has 6 nitrogen and oxygen atoms in total. The van der Waals surface area contributed by atoms with E-state index >= 15 is 0 Å². The van der Waals surface area contributed by atoms with Crippen molar-refractivity contribution in [2.24, 2.45) is 0 Å². The summed E-state index contributed by atoms with van der Waals surface area (Å²) >= 11 is 0. The lowest BCUT2D eigenvalue weighted by atomic mass is 9.92. The number of rotatable bonds is 1. The number of hydrogen-bond acceptors (Lipinski definition) is 3. The number of carbonyl (C=O) groups is 2. The number of nitrogens with one attached hydrogen (secondary N) is 1. The molecule has 2 heterocycles. The van der Waals surface area contributed by atoms with Crippen LogP contribution in [0.1, 0.15) is 45.0 Å². The smallest absolute Gasteiger partial charge is 0.411 e. The number of carboxylic acids is 1. The van der Waals surface area contributed by atoms with Crippen molar-refractivity contribution in [3.05, 3.63) is 35.5 Å². The molecule has 1 aromatic carbocycles. The molecule has 1 aliphatic rings. The van der Waals surface area contributed by atoms with Crippen LogP contribution < -0.4 is 0 Å². The highest BCUT2D eigenvalue weighted by Gasteiger charge is 2.42. The lowest BCUT2D eigenvalue weighted by Crippen LogP contribution is -2.51. The molecule has 2 unspecified atom stereocenters. The van der Waals surface area contributed by atoms with Gasteiger partial charge in [-0.15, -0.1) is 0 Å². The van der Waals surface area contributed by atoms with Gasteiger partial charge in [-0.3, -0.25) is 4.90 Å². The minimum Gasteiger partial charge on any atom is -0.480 e. The second-order valence-corrected chi connectivity index (χ2v) is 7.18. The highest BCUT2D eigenvalue weighted by molar-refractivity contribution is 5.88. The minimum atomic E-state index is -1.02. The molecule has 2 atom stereocenters. The molecule has 0 fully saturated rings. The van der Waals surface area contributed by atoms with Crippen LogP contribution in [0.2, 0.25) is 0 Å². The maximum Gasteiger partial charge on any atom is 0.411 e. The second-order valence-electron chi connectivity index (χ2n) is 7.18. The molecule has 2 N–H and O–H groups in total. The van der Waals surface area contributed by atoms with Crippen molar-refractivity contribution < 1.29 is 19.4 Å². The lowest BCUT2D eigenvalue weighted by molar-refractivity contribution is -0.144. The van der Waals surface area contributed by atoms with Crippen molar-refractivity contribution in [1.29, 1.82) is 0 Å². The Labute approximate surface area is 140 Å². The van der Waals surface area contributed by atoms with E-state index in [4.69, 9.17) is 4.74 Å². The average molecular weight is 330 g/mol. The van der Waals surface area contributed by atoms with Gasteiger partial charge in [-0.2, -0.15) is 0 Å². The van der Waals surface area contributed by atoms with E-state index < -0.39 is 29.7 Å². The predicted molar refractivity (Wildman–Crippen MR) is 89.9 cm³/mol. The third kappa shape index (κ3) is 2.72. The molecule has 0 saturated heterocycles. The Morgan fingerprint density at radius 1 is 1.29 bits per heavy atom. The van der Waals surface area contributed by atoms with Crippen molar-refractivity contribution in [2.45, 2.75) is 51.8 Å². The molecule has 24 heavy (non-hydrogen) atoms. The standard InChI is InChI=1S/C18H22N2O4/c1-10-15-12(11-7-5-6-8-13(11)19-15)9-14(16(21)22)20(10)17(23)24-18(2,3)4/h5-8,10,14,19H,9H2,1-4H3,(H,21,22). The highest BCUT2D eigenvalue weighted by atomic mass is 16.6. The van der Waals surface area contributed by atoms with Gasteiger partial charge in [0.15, 0.2) is 0 Å². The molecule has 1 amide bonds. The molecule has 0 aliphatic carbocycles. The Balaban J connectivity index is 2.06. The van der Waals surface area contributed by atoms with E-state index in [0.717, 1.165) is 22.2 Å². The van der Waals surface area contributed by atoms with Crippen molar-refractivity contribution in [3.8, 4) is 0 Å². The molecule has 2 aromatic rings. The number of ether oxygens (including phenoxy) is 1. The van der Waals surface area contributed by atoms with Gasteiger partial charge in [-0.1, -0.05) is 18.2 Å². The molecular weight excluding hydrogens is 308 g/mol. The molecule has 1 aliphatic heterocycles. The number of para-hydroxylation sites is 1. The Hall–Kier alpha value is -2.50. The van der Waals surface area contributed by atoms with Gasteiger partial charge in [0.25, 0.3) is 0 Å². The van der Waals surface area contributed by atoms with Crippen molar-refractivity contribution in [3.63, 3.8) is 0 Å². The first-order valence-corrected chi connectivity index (χ1v) is 8.02. The van der Waals surface area contributed by atoms with Crippen LogP contribution in [0.25, 0.3) is 10.9 Å². The normalized spacial score (nSPS) is 20.8. The first kappa shape index (κ1) is 16.4. The number of hydrogen-bond donors (Lipinski definition) is 2. The van der Waals surface area contributed by atoms with Crippen molar-refractivity contribution in [2.75, 3.05) is 0 Å². The van der Waals surface area contributed by atoms with Crippen LogP contribution in [0.3, 0.4) is 0 Å². The topological polar surface area (TPSA) is 82.6 Å². The molecular formula is C18H22N2O4. The molecule has 0 saturated carbocycles. The van der Waals surface area contributed by atoms with Crippen LogP contribution in [0.4, 0.5) is 4.79 Å². The zero-order chi connectivity index (χ0) is 17.6. The summed E-state index contributed by atoms with van der Waals surface area (Å²) in [6.07, 6.45) is -0.343. The number of nitrogens with zero attached hydrogens (tertiary/aromatic N) is 1. The van der Waals surface area contributed by atoms with Crippen LogP contribution in [0, 0.1) is 0 Å². The van der Waals surface area contributed by atoms with Gasteiger partial charge in [0, 0.05) is 23.0 Å². The van der Waals surface area contributed by atoms with Crippen molar-refractivity contribution in [1.82, 2.24) is 9.88 Å². The first-order chi connectivity index (χ1) is 11.2. The van der Waals surface area contributed by atoms with Crippen LogP contribution in [-0.4, -0.2) is 38.7 Å². The quantitative estimate of drug-likeness (QED) is 0.838. The number of aliphatic carboxylic acids is 1. The maximum absolute atomic E-state index is 12.6. The van der Waals surface area contributed by atoms with Gasteiger partial charge in [-0.25, -0.2) is 9.59 Å². The van der Waals surface area contributed by atoms with E-state index in [-0.39, 0.29) is 6.42 Å². The Kier molecular flexibility index (Phi) is 3.78. The summed E-state index contributed by atoms with van der Waals surface area (Å²) in [7, 11) is 0. The molecule has 6 heteroatoms. The van der Waals surface area contributed by atoms with E-state index in [0.29, 0.717) is 0 Å². The highest BCUT2D eigenvalue weighted by Crippen LogP contribution is 2.37. The number of carboxylic acid groups (broad SMARTS) is 1. The summed E-state index contributed by atoms with van der Waals surface area (Å²) in [6, 6.07) is 6.43. The Morgan fingerprint density at radius 3 is 2.58 bits per heavy atom. The third-order valence-corrected chi connectivity index (χ3v) is 4.30. The number of benzene rings is 1. The summed E-state index contributed by atoms with van der Waals surface area (Å²) in [5.41, 5.74) is 2.11. The van der Waals surface area contributed by atoms with Crippen molar-refractivity contribution >= 4 is 23.0 Å². The van der Waals surface area contributed by atoms with E-state index in [2.05, 4.69) is 4.98 Å². The average Bonchev–Trinajstić information content (AvgIpc) is 2.84. The predicted octanol–water partition coefficient (Wildman–Crippen LogP) is 3.48. The van der Waals surface area contributed by atoms with Crippen LogP contribution in [0.5, 0.6) is 0 Å². The first-order valence-electron chi connectivity index (χ1n) is 8.02. The molecule has 0 spiro atoms. The van der Waals surface area contributed by atoms with Crippen LogP contribution >= 0.6 is 0 Å². The zero-order valence-electron chi connectivity index (χ0n) is 14.3. The van der Waals surface area contributed by atoms with Gasteiger partial charge in [0.1, 0.15) is 11.6 Å². The van der Waals surface area contributed by atoms with Crippen LogP contribution in [0.15, 0.2) is 24.3 Å². The van der Waals surface area contributed by atoms with Gasteiger partial charge in [-0.05, 0) is 39.3 Å². The summed E-state index contributed by atoms with van der Waals surface area (Å²) in [4.78, 5) is 29.0. The molecule has 0 radical (unpaired) electrons. The summed E-state index contributed by atoms with van der Waals surface area (Å²) in [5.74, 6) is -1.02. The van der Waals surface area contributed by atoms with E-state index in [1.165, 1.54) is 4.90 Å². The monoisotopic (exact) mass is 330 g/mol. The SMILES string of the molecule is CC1c2[nH]c3ccccc3c2CC(C(=O)O)N1C(=O)OC(C)(C)C. The van der Waals surface area contributed by atoms with Gasteiger partial charge < -0.3 is 14.8 Å². The van der Waals surface area contributed by atoms with Gasteiger partial charge in [0.05, 0.1) is 6.04 Å². The fourth-order valence-corrected chi connectivity index (χ4v) is 3.30. The molecule has 0 bridgehead atoms. The fourth-order valence-electron chi connectivity index (χ4n) is 3.30. The largest absolute Gasteiger partial charge is 0.480 e. The molecule has 3 rings (SSSR count). The number of aromatic nitrogens is 1. The number of fused-ring (bicyclic) bond motifs is 3. The van der Waals surface area contributed by atoms with Gasteiger partial charge >= 0.3 is 12.1 Å². The lowest BCUT2D eigenvalue weighted by Gasteiger charge is -2.39. The minimum absolute atomic E-state index is 0.262. The second kappa shape index (κ2) is 5.54. The number of amides is 1. The number of carbonyl (C=O) groups excluding carboxylic acids is 1. The Bertz CT molecular complexity index is 803. The third-order valence-electron chi connectivity index (χ3n) is 4.30. The summed E-state index contributed by atoms with van der Waals surface area (Å²) < 4.78 is 5.43. The van der Waals surface area contributed by atoms with Gasteiger partial charge in [0.2, 0.25) is 0 Å². The fraction of sp³-hybridized carbons (Fsp3) is 0.444. The van der Waals surface area contributed by atoms with E-state index in [9.17, 15) is 14.7 Å². The maximum atomic E-state index is 12.6. The number of H-pyrrole nitrogens is 1. The summed E-state index contributed by atoms with van der Waals surface area (Å²) in [5, 5.41) is 10.7. The zero-order valence-corrected chi connectivity index (χ0v) is 14.3. The van der Waals surface area contributed by atoms with E-state index in [1.54, 1.807) is 20.8 Å². The van der Waals surface area contributed by atoms with Crippen LogP contribution in [-0.2, 0) is 16.0 Å². The molecule has 128 valence electrons. The Morgan fingerprint density at radius 2 is 1.96 bits per heavy atom. The van der Waals surface area contributed by atoms with E-state index in [1.807, 2.05) is 31.2 Å². The summed E-state index contributed by atoms with van der Waals surface area (Å²) in [6.45, 7) is 7.13. The number of aromatic amines is 1. The molecule has 1 aromatic heterocycles.